The molecule has 4 heteroatoms. The maximum Gasteiger partial charge on any atom is 0.289 e. The fourth-order valence-corrected chi connectivity index (χ4v) is 0.668. The zero-order chi connectivity index (χ0) is 8.81. The van der Waals surface area contributed by atoms with E-state index in [0.717, 1.165) is 0 Å². The molecule has 0 aliphatic carbocycles. The lowest BCUT2D eigenvalue weighted by molar-refractivity contribution is 0.0917. The Bertz CT molecular complexity index is 285. The molecule has 1 amide bonds. The number of carbonyl (C=O) groups excluding carboxylic acids is 1. The molecule has 0 spiro atoms. The average Bonchev–Trinajstić information content (AvgIpc) is 2.56. The van der Waals surface area contributed by atoms with E-state index in [-0.39, 0.29) is 11.7 Å². The van der Waals surface area contributed by atoms with Crippen LogP contribution >= 0.6 is 0 Å². The number of hydrogen-bond donors (Lipinski definition) is 1. The average molecular weight is 164 g/mol. The molecule has 12 heavy (non-hydrogen) atoms. The molecule has 0 atom stereocenters. The smallest absolute Gasteiger partial charge is 0.289 e. The van der Waals surface area contributed by atoms with Crippen molar-refractivity contribution < 1.29 is 9.32 Å². The van der Waals surface area contributed by atoms with Gasteiger partial charge in [0.25, 0.3) is 5.91 Å². The minimum Gasteiger partial charge on any atom is -0.351 e. The number of carbonyl (C=O) groups is 1. The van der Waals surface area contributed by atoms with E-state index >= 15 is 0 Å². The van der Waals surface area contributed by atoms with Crippen LogP contribution in [0.3, 0.4) is 0 Å². The van der Waals surface area contributed by atoms with Crippen molar-refractivity contribution in [1.29, 1.82) is 0 Å². The first-order valence-corrected chi connectivity index (χ1v) is 3.47. The summed E-state index contributed by atoms with van der Waals surface area (Å²) < 4.78 is 4.61. The number of hydrogen-bond acceptors (Lipinski definition) is 3. The van der Waals surface area contributed by atoms with Crippen molar-refractivity contribution in [3.8, 4) is 12.3 Å². The Morgan fingerprint density at radius 3 is 3.25 bits per heavy atom. The Hall–Kier alpha value is -1.76. The van der Waals surface area contributed by atoms with E-state index in [1.807, 2.05) is 0 Å². The number of terminal acetylenes is 1. The molecule has 0 aliphatic rings. The Morgan fingerprint density at radius 2 is 2.67 bits per heavy atom. The van der Waals surface area contributed by atoms with Crippen molar-refractivity contribution >= 4 is 5.91 Å². The molecule has 1 rings (SSSR count). The van der Waals surface area contributed by atoms with Gasteiger partial charge in [0.2, 0.25) is 5.76 Å². The lowest BCUT2D eigenvalue weighted by Crippen LogP contribution is -2.23. The van der Waals surface area contributed by atoms with Gasteiger partial charge in [-0.25, -0.2) is 0 Å². The van der Waals surface area contributed by atoms with Crippen LogP contribution in [0, 0.1) is 12.3 Å². The number of rotatable bonds is 3. The van der Waals surface area contributed by atoms with Crippen LogP contribution in [0.15, 0.2) is 16.8 Å². The molecule has 1 heterocycles. The van der Waals surface area contributed by atoms with E-state index in [2.05, 4.69) is 20.9 Å². The number of aromatic nitrogens is 1. The maximum atomic E-state index is 11.1. The molecule has 62 valence electrons. The SMILES string of the molecule is C#CCCNC(=O)c1ccno1. The summed E-state index contributed by atoms with van der Waals surface area (Å²) >= 11 is 0. The highest BCUT2D eigenvalue weighted by molar-refractivity contribution is 5.91. The van der Waals surface area contributed by atoms with E-state index in [1.165, 1.54) is 12.3 Å². The first-order chi connectivity index (χ1) is 5.84. The van der Waals surface area contributed by atoms with Crippen LogP contribution in [0.5, 0.6) is 0 Å². The number of nitrogens with zero attached hydrogens (tertiary/aromatic N) is 1. The van der Waals surface area contributed by atoms with E-state index < -0.39 is 0 Å². The van der Waals surface area contributed by atoms with Crippen LogP contribution in [0.2, 0.25) is 0 Å². The molecule has 0 saturated carbocycles. The third kappa shape index (κ3) is 2.13. The molecule has 0 unspecified atom stereocenters. The summed E-state index contributed by atoms with van der Waals surface area (Å²) in [5.74, 6) is 2.32. The zero-order valence-electron chi connectivity index (χ0n) is 6.41. The molecule has 1 aromatic heterocycles. The number of nitrogens with one attached hydrogen (secondary N) is 1. The van der Waals surface area contributed by atoms with E-state index in [4.69, 9.17) is 6.42 Å². The zero-order valence-corrected chi connectivity index (χ0v) is 6.41. The van der Waals surface area contributed by atoms with E-state index in [1.54, 1.807) is 0 Å². The van der Waals surface area contributed by atoms with Gasteiger partial charge in [-0.2, -0.15) is 0 Å². The van der Waals surface area contributed by atoms with Crippen LogP contribution in [0.25, 0.3) is 0 Å². The maximum absolute atomic E-state index is 11.1. The van der Waals surface area contributed by atoms with Crippen molar-refractivity contribution in [2.45, 2.75) is 6.42 Å². The Morgan fingerprint density at radius 1 is 1.83 bits per heavy atom. The minimum atomic E-state index is -0.289. The van der Waals surface area contributed by atoms with Crippen molar-refractivity contribution in [2.24, 2.45) is 0 Å². The third-order valence-electron chi connectivity index (χ3n) is 1.22. The monoisotopic (exact) mass is 164 g/mol. The summed E-state index contributed by atoms with van der Waals surface area (Å²) in [5.41, 5.74) is 0. The minimum absolute atomic E-state index is 0.201. The highest BCUT2D eigenvalue weighted by atomic mass is 16.5. The second-order valence-electron chi connectivity index (χ2n) is 2.09. The van der Waals surface area contributed by atoms with Gasteiger partial charge in [-0.3, -0.25) is 4.79 Å². The number of amides is 1. The van der Waals surface area contributed by atoms with Crippen LogP contribution in [0.1, 0.15) is 17.0 Å². The summed E-state index contributed by atoms with van der Waals surface area (Å²) in [5, 5.41) is 5.97. The van der Waals surface area contributed by atoms with Gasteiger partial charge in [-0.05, 0) is 0 Å². The second kappa shape index (κ2) is 4.19. The summed E-state index contributed by atoms with van der Waals surface area (Å²) in [4.78, 5) is 11.1. The van der Waals surface area contributed by atoms with Gasteiger partial charge in [0.15, 0.2) is 0 Å². The molecule has 0 fully saturated rings. The van der Waals surface area contributed by atoms with Crippen molar-refractivity contribution in [1.82, 2.24) is 10.5 Å². The largest absolute Gasteiger partial charge is 0.351 e. The molecule has 1 aromatic rings. The van der Waals surface area contributed by atoms with Crippen molar-refractivity contribution in [3.05, 3.63) is 18.0 Å². The molecule has 0 saturated heterocycles. The molecule has 0 radical (unpaired) electrons. The molecule has 0 aliphatic heterocycles. The lowest BCUT2D eigenvalue weighted by atomic mass is 10.4. The third-order valence-corrected chi connectivity index (χ3v) is 1.22. The predicted octanol–water partition coefficient (Wildman–Crippen LogP) is 0.428. The van der Waals surface area contributed by atoms with Crippen LogP contribution < -0.4 is 5.32 Å². The molecule has 1 N–H and O–H groups in total. The molecular formula is C8H8N2O2. The van der Waals surface area contributed by atoms with Gasteiger partial charge >= 0.3 is 0 Å². The topological polar surface area (TPSA) is 55.1 Å². The molecule has 4 nitrogen and oxygen atoms in total. The summed E-state index contributed by atoms with van der Waals surface area (Å²) in [6.07, 6.45) is 6.92. The summed E-state index contributed by atoms with van der Waals surface area (Å²) in [6, 6.07) is 1.49. The summed E-state index contributed by atoms with van der Waals surface area (Å²) in [7, 11) is 0. The second-order valence-corrected chi connectivity index (χ2v) is 2.09. The fourth-order valence-electron chi connectivity index (χ4n) is 0.668. The lowest BCUT2D eigenvalue weighted by Gasteiger charge is -1.96. The van der Waals surface area contributed by atoms with Crippen molar-refractivity contribution in [2.75, 3.05) is 6.54 Å². The van der Waals surface area contributed by atoms with Crippen LogP contribution in [0.4, 0.5) is 0 Å². The van der Waals surface area contributed by atoms with Crippen molar-refractivity contribution in [3.63, 3.8) is 0 Å². The van der Waals surface area contributed by atoms with Gasteiger partial charge < -0.3 is 9.84 Å². The quantitative estimate of drug-likeness (QED) is 0.520. The normalized spacial score (nSPS) is 8.92. The van der Waals surface area contributed by atoms with E-state index in [9.17, 15) is 4.79 Å². The van der Waals surface area contributed by atoms with E-state index in [0.29, 0.717) is 13.0 Å². The Kier molecular flexibility index (Phi) is 2.91. The van der Waals surface area contributed by atoms with Gasteiger partial charge in [-0.15, -0.1) is 12.3 Å². The highest BCUT2D eigenvalue weighted by Gasteiger charge is 2.06. The van der Waals surface area contributed by atoms with Gasteiger partial charge in [-0.1, -0.05) is 5.16 Å². The van der Waals surface area contributed by atoms with Gasteiger partial charge in [0, 0.05) is 19.0 Å². The Balaban J connectivity index is 2.36. The molecule has 0 bridgehead atoms. The summed E-state index contributed by atoms with van der Waals surface area (Å²) in [6.45, 7) is 0.454. The van der Waals surface area contributed by atoms with Crippen LogP contribution in [-0.4, -0.2) is 17.6 Å². The Labute approximate surface area is 69.9 Å². The molecular weight excluding hydrogens is 156 g/mol. The van der Waals surface area contributed by atoms with Gasteiger partial charge in [0.1, 0.15) is 0 Å². The first kappa shape index (κ1) is 8.34. The predicted molar refractivity (Wildman–Crippen MR) is 42.3 cm³/mol. The standard InChI is InChI=1S/C8H8N2O2/c1-2-3-5-9-8(11)7-4-6-10-12-7/h1,4,6H,3,5H2,(H,9,11). The fraction of sp³-hybridized carbons (Fsp3) is 0.250. The molecule has 0 aromatic carbocycles. The van der Waals surface area contributed by atoms with Gasteiger partial charge in [0.05, 0.1) is 6.20 Å². The first-order valence-electron chi connectivity index (χ1n) is 3.47. The van der Waals surface area contributed by atoms with Crippen LogP contribution in [-0.2, 0) is 0 Å². The highest BCUT2D eigenvalue weighted by Crippen LogP contribution is 1.94.